The topological polar surface area (TPSA) is 131 Å². The molecular formula is C23H23F2N5O3. The minimum Gasteiger partial charge on any atom is -0.350 e. The zero-order valence-corrected chi connectivity index (χ0v) is 17.8. The molecule has 4 rings (SSSR count). The van der Waals surface area contributed by atoms with E-state index in [0.717, 1.165) is 25.0 Å². The first kappa shape index (κ1) is 23.8. The third kappa shape index (κ3) is 6.80. The molecule has 1 fully saturated rings. The fourth-order valence-electron chi connectivity index (χ4n) is 3.70. The highest BCUT2D eigenvalue weighted by Gasteiger charge is 2.17. The van der Waals surface area contributed by atoms with E-state index >= 15 is 0 Å². The van der Waals surface area contributed by atoms with E-state index in [0.29, 0.717) is 17.9 Å². The number of benzene rings is 1. The van der Waals surface area contributed by atoms with Gasteiger partial charge in [-0.2, -0.15) is 5.26 Å². The van der Waals surface area contributed by atoms with Crippen LogP contribution in [0.25, 0.3) is 10.9 Å². The number of pyridine rings is 1. The minimum atomic E-state index is -0.593. The van der Waals surface area contributed by atoms with E-state index in [1.807, 2.05) is 11.1 Å². The third-order valence-electron chi connectivity index (χ3n) is 5.40. The molecule has 0 saturated heterocycles. The van der Waals surface area contributed by atoms with E-state index in [-0.39, 0.29) is 29.1 Å². The number of hydrogen-bond acceptors (Lipinski definition) is 5. The van der Waals surface area contributed by atoms with E-state index in [4.69, 9.17) is 5.26 Å². The van der Waals surface area contributed by atoms with Crippen molar-refractivity contribution in [2.75, 3.05) is 0 Å². The van der Waals surface area contributed by atoms with E-state index < -0.39 is 22.9 Å². The van der Waals surface area contributed by atoms with Crippen molar-refractivity contribution in [2.24, 2.45) is 5.92 Å². The average Bonchev–Trinajstić information content (AvgIpc) is 2.80. The van der Waals surface area contributed by atoms with Crippen LogP contribution in [-0.4, -0.2) is 20.9 Å². The van der Waals surface area contributed by atoms with Crippen LogP contribution in [0, 0.1) is 28.9 Å². The lowest BCUT2D eigenvalue weighted by Crippen LogP contribution is -2.26. The summed E-state index contributed by atoms with van der Waals surface area (Å²) in [6, 6.07) is 6.56. The normalized spacial score (nSPS) is 13.6. The quantitative estimate of drug-likeness (QED) is 0.556. The Morgan fingerprint density at radius 2 is 1.91 bits per heavy atom. The standard InChI is InChI=1S/C15H18FN3O.C8H5FN2O2/c16-13-6-12(8-17)9-18-14(13)10-19-15(20)7-11-4-2-1-3-5-11;9-4-1-2-6-5(3-4)7(12)11-8(13)10-6/h6,9,11H,1-5,7,10H2,(H,19,20);1-3H,(H2,10,11,12,13). The Kier molecular flexibility index (Phi) is 8.02. The van der Waals surface area contributed by atoms with Gasteiger partial charge < -0.3 is 10.3 Å². The van der Waals surface area contributed by atoms with E-state index in [1.54, 1.807) is 0 Å². The highest BCUT2D eigenvalue weighted by Crippen LogP contribution is 2.26. The molecule has 0 spiro atoms. The number of carbonyl (C=O) groups is 1. The largest absolute Gasteiger partial charge is 0.350 e. The molecule has 2 aromatic heterocycles. The summed E-state index contributed by atoms with van der Waals surface area (Å²) >= 11 is 0. The van der Waals surface area contributed by atoms with Crippen LogP contribution >= 0.6 is 0 Å². The molecule has 0 radical (unpaired) electrons. The van der Waals surface area contributed by atoms with Gasteiger partial charge in [0, 0.05) is 12.6 Å². The molecule has 0 unspecified atom stereocenters. The summed E-state index contributed by atoms with van der Waals surface area (Å²) in [4.78, 5) is 41.9. The molecule has 0 aliphatic heterocycles. The summed E-state index contributed by atoms with van der Waals surface area (Å²) in [7, 11) is 0. The Hall–Kier alpha value is -3.87. The lowest BCUT2D eigenvalue weighted by Gasteiger charge is -2.20. The number of nitriles is 1. The van der Waals surface area contributed by atoms with Gasteiger partial charge in [-0.25, -0.2) is 13.6 Å². The number of H-pyrrole nitrogens is 2. The molecule has 3 aromatic rings. The number of nitrogens with zero attached hydrogens (tertiary/aromatic N) is 2. The van der Waals surface area contributed by atoms with Crippen molar-refractivity contribution < 1.29 is 13.6 Å². The van der Waals surface area contributed by atoms with E-state index in [1.165, 1.54) is 37.6 Å². The second kappa shape index (κ2) is 11.1. The molecule has 3 N–H and O–H groups in total. The average molecular weight is 455 g/mol. The second-order valence-corrected chi connectivity index (χ2v) is 7.85. The Morgan fingerprint density at radius 1 is 1.15 bits per heavy atom. The Labute approximate surface area is 187 Å². The van der Waals surface area contributed by atoms with E-state index in [2.05, 4.69) is 15.3 Å². The molecule has 1 aromatic carbocycles. The summed E-state index contributed by atoms with van der Waals surface area (Å²) in [5.74, 6) is -0.656. The van der Waals surface area contributed by atoms with Crippen molar-refractivity contribution in [3.63, 3.8) is 0 Å². The molecular weight excluding hydrogens is 432 g/mol. The van der Waals surface area contributed by atoms with Crippen molar-refractivity contribution in [3.05, 3.63) is 74.2 Å². The summed E-state index contributed by atoms with van der Waals surface area (Å²) in [5, 5.41) is 11.5. The van der Waals surface area contributed by atoms with Gasteiger partial charge in [-0.1, -0.05) is 19.3 Å². The van der Waals surface area contributed by atoms with Crippen molar-refractivity contribution in [1.29, 1.82) is 5.26 Å². The van der Waals surface area contributed by atoms with Crippen LogP contribution in [0.3, 0.4) is 0 Å². The fourth-order valence-corrected chi connectivity index (χ4v) is 3.70. The van der Waals surface area contributed by atoms with Crippen LogP contribution in [0.1, 0.15) is 49.8 Å². The maximum Gasteiger partial charge on any atom is 0.326 e. The van der Waals surface area contributed by atoms with Crippen LogP contribution in [-0.2, 0) is 11.3 Å². The first-order valence-corrected chi connectivity index (χ1v) is 10.6. The molecule has 1 aliphatic carbocycles. The molecule has 8 nitrogen and oxygen atoms in total. The number of fused-ring (bicyclic) bond motifs is 1. The molecule has 1 aliphatic rings. The lowest BCUT2D eigenvalue weighted by molar-refractivity contribution is -0.122. The third-order valence-corrected chi connectivity index (χ3v) is 5.40. The highest BCUT2D eigenvalue weighted by atomic mass is 19.1. The monoisotopic (exact) mass is 455 g/mol. The first-order valence-electron chi connectivity index (χ1n) is 10.6. The summed E-state index contributed by atoms with van der Waals surface area (Å²) in [6.45, 7) is 0.0725. The Bertz CT molecular complexity index is 1290. The number of aromatic nitrogens is 3. The molecule has 1 saturated carbocycles. The number of aromatic amines is 2. The van der Waals surface area contributed by atoms with Crippen molar-refractivity contribution in [2.45, 2.75) is 45.1 Å². The predicted octanol–water partition coefficient (Wildman–Crippen LogP) is 3.03. The molecule has 0 bridgehead atoms. The molecule has 10 heteroatoms. The number of nitrogens with one attached hydrogen (secondary N) is 3. The van der Waals surface area contributed by atoms with Crippen molar-refractivity contribution in [1.82, 2.24) is 20.3 Å². The SMILES string of the molecule is N#Cc1cnc(CNC(=O)CC2CCCCC2)c(F)c1.O=c1[nH]c(=O)c2cc(F)ccc2[nH]1. The lowest BCUT2D eigenvalue weighted by atomic mass is 9.87. The van der Waals surface area contributed by atoms with Crippen LogP contribution in [0.15, 0.2) is 40.1 Å². The maximum atomic E-state index is 13.6. The van der Waals surface area contributed by atoms with Crippen LogP contribution in [0.5, 0.6) is 0 Å². The number of amides is 1. The number of carbonyl (C=O) groups excluding carboxylic acids is 1. The smallest absolute Gasteiger partial charge is 0.326 e. The fraction of sp³-hybridized carbons (Fsp3) is 0.348. The number of rotatable bonds is 4. The van der Waals surface area contributed by atoms with Gasteiger partial charge in [0.15, 0.2) is 0 Å². The maximum absolute atomic E-state index is 13.6. The zero-order valence-electron chi connectivity index (χ0n) is 17.8. The van der Waals surface area contributed by atoms with E-state index in [9.17, 15) is 23.2 Å². The van der Waals surface area contributed by atoms with Crippen molar-refractivity contribution in [3.8, 4) is 6.07 Å². The zero-order chi connectivity index (χ0) is 23.8. The van der Waals surface area contributed by atoms with Gasteiger partial charge in [-0.3, -0.25) is 19.6 Å². The molecule has 33 heavy (non-hydrogen) atoms. The highest BCUT2D eigenvalue weighted by molar-refractivity contribution is 5.77. The van der Waals surface area contributed by atoms with Gasteiger partial charge in [-0.05, 0) is 43.0 Å². The van der Waals surface area contributed by atoms with Crippen molar-refractivity contribution >= 4 is 16.8 Å². The van der Waals surface area contributed by atoms with Gasteiger partial charge in [0.05, 0.1) is 28.7 Å². The predicted molar refractivity (Wildman–Crippen MR) is 117 cm³/mol. The van der Waals surface area contributed by atoms with Gasteiger partial charge in [0.25, 0.3) is 5.56 Å². The molecule has 172 valence electrons. The molecule has 2 heterocycles. The van der Waals surface area contributed by atoms with Gasteiger partial charge in [0.2, 0.25) is 5.91 Å². The van der Waals surface area contributed by atoms with Crippen LogP contribution in [0.4, 0.5) is 8.78 Å². The van der Waals surface area contributed by atoms with Crippen LogP contribution < -0.4 is 16.6 Å². The second-order valence-electron chi connectivity index (χ2n) is 7.85. The summed E-state index contributed by atoms with van der Waals surface area (Å²) in [5.41, 5.74) is -0.502. The number of halogens is 2. The van der Waals surface area contributed by atoms with Gasteiger partial charge in [-0.15, -0.1) is 0 Å². The Morgan fingerprint density at radius 3 is 2.61 bits per heavy atom. The van der Waals surface area contributed by atoms with Gasteiger partial charge >= 0.3 is 5.69 Å². The summed E-state index contributed by atoms with van der Waals surface area (Å²) < 4.78 is 26.3. The number of hydrogen-bond donors (Lipinski definition) is 3. The summed E-state index contributed by atoms with van der Waals surface area (Å²) in [6.07, 6.45) is 7.70. The van der Waals surface area contributed by atoms with Crippen LogP contribution in [0.2, 0.25) is 0 Å². The molecule has 1 amide bonds. The molecule has 0 atom stereocenters. The first-order chi connectivity index (χ1) is 15.9. The Balaban J connectivity index is 0.000000203. The van der Waals surface area contributed by atoms with Gasteiger partial charge in [0.1, 0.15) is 17.7 Å². The minimum absolute atomic E-state index is 0.0533.